The Balaban J connectivity index is 1.83. The topological polar surface area (TPSA) is 88.5 Å². The number of fused-ring (bicyclic) bond motifs is 1. The third-order valence-corrected chi connectivity index (χ3v) is 4.96. The fraction of sp³-hybridized carbons (Fsp3) is 0.238. The van der Waals surface area contributed by atoms with E-state index in [0.717, 1.165) is 11.3 Å². The number of hydrogen-bond donors (Lipinski definition) is 2. The van der Waals surface area contributed by atoms with Gasteiger partial charge in [0.1, 0.15) is 0 Å². The van der Waals surface area contributed by atoms with E-state index in [4.69, 9.17) is 0 Å². The maximum absolute atomic E-state index is 13.3. The lowest BCUT2D eigenvalue weighted by atomic mass is 10.0. The Bertz CT molecular complexity index is 1290. The molecule has 0 radical (unpaired) electrons. The van der Waals surface area contributed by atoms with E-state index in [2.05, 4.69) is 25.6 Å². The first kappa shape index (κ1) is 20.6. The van der Waals surface area contributed by atoms with Crippen LogP contribution < -0.4 is 5.32 Å². The minimum absolute atomic E-state index is 0.110. The Morgan fingerprint density at radius 3 is 2.65 bits per heavy atom. The lowest BCUT2D eigenvalue weighted by molar-refractivity contribution is -0.140. The number of alkyl halides is 3. The number of carbonyl (C=O) groups is 1. The summed E-state index contributed by atoms with van der Waals surface area (Å²) in [7, 11) is 0. The highest BCUT2D eigenvalue weighted by Crippen LogP contribution is 2.35. The number of anilines is 1. The van der Waals surface area contributed by atoms with Crippen molar-refractivity contribution in [3.63, 3.8) is 0 Å². The number of aromatic nitrogens is 5. The third-order valence-electron chi connectivity index (χ3n) is 4.96. The number of pyridine rings is 1. The summed E-state index contributed by atoms with van der Waals surface area (Å²) in [5.41, 5.74) is 1.30. The van der Waals surface area contributed by atoms with Crippen molar-refractivity contribution in [2.75, 3.05) is 5.32 Å². The van der Waals surface area contributed by atoms with Crippen molar-refractivity contribution in [3.05, 3.63) is 59.2 Å². The minimum atomic E-state index is -4.70. The minimum Gasteiger partial charge on any atom is -0.319 e. The second-order valence-corrected chi connectivity index (χ2v) is 7.08. The molecule has 10 heteroatoms. The molecule has 1 amide bonds. The molecule has 160 valence electrons. The number of nitrogens with one attached hydrogen (secondary N) is 2. The van der Waals surface area contributed by atoms with Crippen LogP contribution in [0.2, 0.25) is 0 Å². The number of hydrogen-bond acceptors (Lipinski definition) is 4. The van der Waals surface area contributed by atoms with Gasteiger partial charge in [-0.3, -0.25) is 14.6 Å². The van der Waals surface area contributed by atoms with Crippen LogP contribution in [0.1, 0.15) is 34.4 Å². The lowest BCUT2D eigenvalue weighted by Gasteiger charge is -2.12. The van der Waals surface area contributed by atoms with Crippen molar-refractivity contribution in [1.82, 2.24) is 25.0 Å². The highest BCUT2D eigenvalue weighted by Gasteiger charge is 2.38. The van der Waals surface area contributed by atoms with Gasteiger partial charge in [-0.15, -0.1) is 0 Å². The summed E-state index contributed by atoms with van der Waals surface area (Å²) in [6, 6.07) is 8.55. The quantitative estimate of drug-likeness (QED) is 0.492. The van der Waals surface area contributed by atoms with E-state index in [-0.39, 0.29) is 11.3 Å². The number of H-pyrrole nitrogens is 1. The molecule has 3 aromatic heterocycles. The van der Waals surface area contributed by atoms with Gasteiger partial charge in [-0.2, -0.15) is 23.4 Å². The number of halogens is 3. The first-order valence-electron chi connectivity index (χ1n) is 9.56. The van der Waals surface area contributed by atoms with Crippen molar-refractivity contribution in [3.8, 4) is 11.3 Å². The smallest absolute Gasteiger partial charge is 0.319 e. The van der Waals surface area contributed by atoms with Crippen molar-refractivity contribution in [1.29, 1.82) is 0 Å². The molecule has 0 saturated heterocycles. The Kier molecular flexibility index (Phi) is 5.00. The van der Waals surface area contributed by atoms with Crippen LogP contribution in [0.3, 0.4) is 0 Å². The van der Waals surface area contributed by atoms with Crippen LogP contribution in [-0.2, 0) is 12.7 Å². The van der Waals surface area contributed by atoms with E-state index in [1.807, 2.05) is 20.0 Å². The van der Waals surface area contributed by atoms with Gasteiger partial charge in [-0.05, 0) is 32.9 Å². The molecule has 0 aliphatic carbocycles. The van der Waals surface area contributed by atoms with Crippen molar-refractivity contribution < 1.29 is 18.0 Å². The fourth-order valence-electron chi connectivity index (χ4n) is 3.40. The Labute approximate surface area is 175 Å². The van der Waals surface area contributed by atoms with Gasteiger partial charge in [-0.1, -0.05) is 18.2 Å². The number of carbonyl (C=O) groups excluding carboxylic acids is 1. The van der Waals surface area contributed by atoms with Gasteiger partial charge in [0.05, 0.1) is 33.8 Å². The lowest BCUT2D eigenvalue weighted by Crippen LogP contribution is -2.17. The van der Waals surface area contributed by atoms with Crippen molar-refractivity contribution in [2.45, 2.75) is 33.5 Å². The molecule has 2 N–H and O–H groups in total. The summed E-state index contributed by atoms with van der Waals surface area (Å²) in [5, 5.41) is 12.9. The monoisotopic (exact) mass is 428 g/mol. The maximum Gasteiger partial charge on any atom is 0.437 e. The van der Waals surface area contributed by atoms with Gasteiger partial charge in [0.25, 0.3) is 5.91 Å². The average molecular weight is 428 g/mol. The number of amides is 1. The second kappa shape index (κ2) is 7.53. The van der Waals surface area contributed by atoms with E-state index in [9.17, 15) is 18.0 Å². The van der Waals surface area contributed by atoms with Crippen LogP contribution >= 0.6 is 0 Å². The van der Waals surface area contributed by atoms with E-state index in [1.165, 1.54) is 6.92 Å². The van der Waals surface area contributed by atoms with E-state index in [1.54, 1.807) is 35.0 Å². The summed E-state index contributed by atoms with van der Waals surface area (Å²) >= 11 is 0. The highest BCUT2D eigenvalue weighted by molar-refractivity contribution is 6.13. The standard InChI is InChI=1S/C21H19F3N6O/c1-4-30-10-15(11(2)29-30)17-9-14(13-7-5-6-8-16(13)25-17)20(31)26-18-12(3)27-28-19(18)21(22,23)24/h5-10H,4H2,1-3H3,(H,26,31)(H,27,28). The highest BCUT2D eigenvalue weighted by atomic mass is 19.4. The molecule has 4 rings (SSSR count). The van der Waals surface area contributed by atoms with Gasteiger partial charge in [0, 0.05) is 23.7 Å². The zero-order chi connectivity index (χ0) is 22.3. The molecule has 0 spiro atoms. The molecular formula is C21H19F3N6O. The summed E-state index contributed by atoms with van der Waals surface area (Å²) in [4.78, 5) is 17.8. The Hall–Kier alpha value is -3.69. The average Bonchev–Trinajstić information content (AvgIpc) is 3.29. The van der Waals surface area contributed by atoms with Crippen molar-refractivity contribution in [2.24, 2.45) is 0 Å². The van der Waals surface area contributed by atoms with Gasteiger partial charge in [0.2, 0.25) is 0 Å². The molecule has 0 aliphatic heterocycles. The van der Waals surface area contributed by atoms with Crippen molar-refractivity contribution >= 4 is 22.5 Å². The van der Waals surface area contributed by atoms with Crippen LogP contribution in [0.15, 0.2) is 36.5 Å². The molecule has 0 saturated carbocycles. The molecule has 0 bridgehead atoms. The van der Waals surface area contributed by atoms with Gasteiger partial charge >= 0.3 is 6.18 Å². The molecule has 4 aromatic rings. The van der Waals surface area contributed by atoms with Gasteiger partial charge in [-0.25, -0.2) is 4.98 Å². The first-order chi connectivity index (χ1) is 14.7. The van der Waals surface area contributed by atoms with Gasteiger partial charge in [0.15, 0.2) is 5.69 Å². The normalized spacial score (nSPS) is 11.8. The predicted octanol–water partition coefficient (Wildman–Crippen LogP) is 4.73. The number of aryl methyl sites for hydroxylation is 3. The number of nitrogens with zero attached hydrogens (tertiary/aromatic N) is 4. The number of para-hydroxylation sites is 1. The second-order valence-electron chi connectivity index (χ2n) is 7.08. The van der Waals surface area contributed by atoms with Crippen LogP contribution in [0.25, 0.3) is 22.2 Å². The van der Waals surface area contributed by atoms with E-state index >= 15 is 0 Å². The number of rotatable bonds is 4. The summed E-state index contributed by atoms with van der Waals surface area (Å²) in [5.74, 6) is -0.685. The maximum atomic E-state index is 13.3. The molecule has 3 heterocycles. The van der Waals surface area contributed by atoms with Gasteiger partial charge < -0.3 is 5.32 Å². The van der Waals surface area contributed by atoms with E-state index in [0.29, 0.717) is 23.1 Å². The molecule has 0 fully saturated rings. The molecule has 7 nitrogen and oxygen atoms in total. The molecule has 1 aromatic carbocycles. The summed E-state index contributed by atoms with van der Waals surface area (Å²) in [6.45, 7) is 5.87. The third kappa shape index (κ3) is 3.76. The van der Waals surface area contributed by atoms with Crippen LogP contribution in [0, 0.1) is 13.8 Å². The SMILES string of the molecule is CCn1cc(-c2cc(C(=O)Nc3c(C(F)(F)F)n[nH]c3C)c3ccccc3n2)c(C)n1. The Morgan fingerprint density at radius 1 is 1.23 bits per heavy atom. The van der Waals surface area contributed by atoms with Crippen LogP contribution in [-0.4, -0.2) is 30.9 Å². The first-order valence-corrected chi connectivity index (χ1v) is 9.56. The molecule has 0 atom stereocenters. The molecule has 0 aliphatic rings. The Morgan fingerprint density at radius 2 is 1.97 bits per heavy atom. The zero-order valence-electron chi connectivity index (χ0n) is 17.0. The zero-order valence-corrected chi connectivity index (χ0v) is 17.0. The largest absolute Gasteiger partial charge is 0.437 e. The predicted molar refractivity (Wildman–Crippen MR) is 110 cm³/mol. The van der Waals surface area contributed by atoms with Crippen LogP contribution in [0.5, 0.6) is 0 Å². The molecule has 0 unspecified atom stereocenters. The van der Waals surface area contributed by atoms with E-state index < -0.39 is 23.5 Å². The molecular weight excluding hydrogens is 409 g/mol. The fourth-order valence-corrected chi connectivity index (χ4v) is 3.40. The van der Waals surface area contributed by atoms with Crippen LogP contribution in [0.4, 0.5) is 18.9 Å². The number of benzene rings is 1. The summed E-state index contributed by atoms with van der Waals surface area (Å²) < 4.78 is 41.6. The molecule has 31 heavy (non-hydrogen) atoms. The summed E-state index contributed by atoms with van der Waals surface area (Å²) in [6.07, 6.45) is -2.87. The number of aromatic amines is 1.